The van der Waals surface area contributed by atoms with Crippen molar-refractivity contribution in [3.63, 3.8) is 0 Å². The minimum Gasteiger partial charge on any atom is -0.350 e. The van der Waals surface area contributed by atoms with Gasteiger partial charge in [0.2, 0.25) is 0 Å². The lowest BCUT2D eigenvalue weighted by molar-refractivity contribution is 0.0935. The predicted octanol–water partition coefficient (Wildman–Crippen LogP) is 1.72. The molecule has 1 fully saturated rings. The van der Waals surface area contributed by atoms with Crippen molar-refractivity contribution in [2.24, 2.45) is 12.5 Å². The molecule has 1 saturated carbocycles. The number of hydrogen-bond acceptors (Lipinski definition) is 2. The van der Waals surface area contributed by atoms with Crippen molar-refractivity contribution in [1.82, 2.24) is 15.1 Å². The normalized spacial score (nSPS) is 17.1. The Hall–Kier alpha value is -0.840. The van der Waals surface area contributed by atoms with E-state index in [1.54, 1.807) is 24.0 Å². The van der Waals surface area contributed by atoms with Crippen molar-refractivity contribution in [2.75, 3.05) is 11.9 Å². The van der Waals surface area contributed by atoms with E-state index in [1.165, 1.54) is 12.8 Å². The summed E-state index contributed by atoms with van der Waals surface area (Å²) in [6.07, 6.45) is 5.23. The fraction of sp³-hybridized carbons (Fsp3) is 0.636. The Bertz CT molecular complexity index is 384. The second kappa shape index (κ2) is 4.57. The Balaban J connectivity index is 1.87. The summed E-state index contributed by atoms with van der Waals surface area (Å²) >= 11 is 3.46. The first-order valence-corrected chi connectivity index (χ1v) is 6.61. The summed E-state index contributed by atoms with van der Waals surface area (Å²) in [5.74, 6) is -0.0270. The molecule has 0 spiro atoms. The van der Waals surface area contributed by atoms with Crippen LogP contribution in [0.5, 0.6) is 0 Å². The number of alkyl halides is 1. The second-order valence-corrected chi connectivity index (χ2v) is 5.25. The average Bonchev–Trinajstić information content (AvgIpc) is 2.89. The van der Waals surface area contributed by atoms with E-state index < -0.39 is 0 Å². The molecule has 1 aromatic heterocycles. The Morgan fingerprint density at radius 3 is 2.94 bits per heavy atom. The monoisotopic (exact) mass is 285 g/mol. The molecule has 0 atom stereocenters. The van der Waals surface area contributed by atoms with Crippen LogP contribution in [0.1, 0.15) is 29.8 Å². The Morgan fingerprint density at radius 2 is 2.44 bits per heavy atom. The van der Waals surface area contributed by atoms with Gasteiger partial charge in [0, 0.05) is 25.1 Å². The minimum atomic E-state index is -0.0270. The zero-order valence-corrected chi connectivity index (χ0v) is 11.0. The smallest absolute Gasteiger partial charge is 0.269 e. The van der Waals surface area contributed by atoms with E-state index in [1.807, 2.05) is 0 Å². The molecule has 1 amide bonds. The summed E-state index contributed by atoms with van der Waals surface area (Å²) in [6, 6.07) is 1.74. The number of aryl methyl sites for hydroxylation is 1. The molecule has 5 heteroatoms. The molecule has 2 rings (SSSR count). The molecule has 1 N–H and O–H groups in total. The summed E-state index contributed by atoms with van der Waals surface area (Å²) in [7, 11) is 1.78. The Morgan fingerprint density at radius 1 is 1.69 bits per heavy atom. The largest absolute Gasteiger partial charge is 0.350 e. The SMILES string of the molecule is Cn1nccc1C(=O)NCC1(CCBr)CC1. The van der Waals surface area contributed by atoms with E-state index in [4.69, 9.17) is 0 Å². The number of nitrogens with one attached hydrogen (secondary N) is 1. The van der Waals surface area contributed by atoms with E-state index in [9.17, 15) is 4.79 Å². The molecule has 0 unspecified atom stereocenters. The third-order valence-corrected chi connectivity index (χ3v) is 3.66. The highest BCUT2D eigenvalue weighted by Crippen LogP contribution is 2.48. The average molecular weight is 286 g/mol. The molecule has 0 saturated heterocycles. The number of carbonyl (C=O) groups excluding carboxylic acids is 1. The van der Waals surface area contributed by atoms with Crippen LogP contribution in [-0.2, 0) is 7.05 Å². The van der Waals surface area contributed by atoms with Gasteiger partial charge in [-0.25, -0.2) is 0 Å². The highest BCUT2D eigenvalue weighted by Gasteiger charge is 2.41. The lowest BCUT2D eigenvalue weighted by Gasteiger charge is -2.14. The first-order chi connectivity index (χ1) is 7.67. The van der Waals surface area contributed by atoms with Gasteiger partial charge in [0.1, 0.15) is 5.69 Å². The molecule has 1 aliphatic rings. The van der Waals surface area contributed by atoms with Crippen LogP contribution in [-0.4, -0.2) is 27.6 Å². The lowest BCUT2D eigenvalue weighted by atomic mass is 10.0. The van der Waals surface area contributed by atoms with Gasteiger partial charge in [-0.05, 0) is 30.7 Å². The number of aromatic nitrogens is 2. The summed E-state index contributed by atoms with van der Waals surface area (Å²) in [4.78, 5) is 11.8. The van der Waals surface area contributed by atoms with Gasteiger partial charge >= 0.3 is 0 Å². The van der Waals surface area contributed by atoms with Gasteiger partial charge in [-0.15, -0.1) is 0 Å². The topological polar surface area (TPSA) is 46.9 Å². The highest BCUT2D eigenvalue weighted by atomic mass is 79.9. The van der Waals surface area contributed by atoms with Gasteiger partial charge in [0.05, 0.1) is 0 Å². The summed E-state index contributed by atoms with van der Waals surface area (Å²) in [5.41, 5.74) is 0.979. The number of rotatable bonds is 5. The van der Waals surface area contributed by atoms with Crippen LogP contribution in [0.4, 0.5) is 0 Å². The molecule has 0 aromatic carbocycles. The minimum absolute atomic E-state index is 0.0270. The fourth-order valence-electron chi connectivity index (χ4n) is 1.85. The fourth-order valence-corrected chi connectivity index (χ4v) is 2.69. The van der Waals surface area contributed by atoms with Crippen LogP contribution in [0, 0.1) is 5.41 Å². The van der Waals surface area contributed by atoms with E-state index in [0.29, 0.717) is 11.1 Å². The first-order valence-electron chi connectivity index (χ1n) is 5.49. The summed E-state index contributed by atoms with van der Waals surface area (Å²) in [5, 5.41) is 7.98. The summed E-state index contributed by atoms with van der Waals surface area (Å²) in [6.45, 7) is 0.780. The maximum absolute atomic E-state index is 11.8. The van der Waals surface area contributed by atoms with Gasteiger partial charge in [-0.2, -0.15) is 5.10 Å². The van der Waals surface area contributed by atoms with Crippen molar-refractivity contribution in [3.8, 4) is 0 Å². The number of halogens is 1. The van der Waals surface area contributed by atoms with Crippen LogP contribution >= 0.6 is 15.9 Å². The van der Waals surface area contributed by atoms with Gasteiger partial charge in [0.25, 0.3) is 5.91 Å². The first kappa shape index (κ1) is 11.6. The standard InChI is InChI=1S/C11H16BrN3O/c1-15-9(2-7-14-15)10(16)13-8-11(3-4-11)5-6-12/h2,7H,3-6,8H2,1H3,(H,13,16). The molecular weight excluding hydrogens is 270 g/mol. The van der Waals surface area contributed by atoms with Crippen molar-refractivity contribution in [1.29, 1.82) is 0 Å². The molecular formula is C11H16BrN3O. The van der Waals surface area contributed by atoms with Gasteiger partial charge in [0.15, 0.2) is 0 Å². The van der Waals surface area contributed by atoms with Crippen LogP contribution in [0.15, 0.2) is 12.3 Å². The van der Waals surface area contributed by atoms with Crippen LogP contribution in [0.25, 0.3) is 0 Å². The molecule has 1 heterocycles. The Kier molecular flexibility index (Phi) is 3.33. The van der Waals surface area contributed by atoms with Crippen molar-refractivity contribution >= 4 is 21.8 Å². The van der Waals surface area contributed by atoms with E-state index >= 15 is 0 Å². The number of amides is 1. The van der Waals surface area contributed by atoms with Crippen LogP contribution < -0.4 is 5.32 Å². The Labute approximate surface area is 104 Å². The molecule has 1 aromatic rings. The number of hydrogen-bond donors (Lipinski definition) is 1. The zero-order valence-electron chi connectivity index (χ0n) is 9.37. The molecule has 88 valence electrons. The highest BCUT2D eigenvalue weighted by molar-refractivity contribution is 9.09. The maximum atomic E-state index is 11.8. The molecule has 0 radical (unpaired) electrons. The second-order valence-electron chi connectivity index (χ2n) is 4.46. The van der Waals surface area contributed by atoms with Crippen LogP contribution in [0.2, 0.25) is 0 Å². The number of nitrogens with zero attached hydrogens (tertiary/aromatic N) is 2. The van der Waals surface area contributed by atoms with Crippen LogP contribution in [0.3, 0.4) is 0 Å². The summed E-state index contributed by atoms with van der Waals surface area (Å²) < 4.78 is 1.60. The van der Waals surface area contributed by atoms with Crippen molar-refractivity contribution in [3.05, 3.63) is 18.0 Å². The van der Waals surface area contributed by atoms with E-state index in [-0.39, 0.29) is 5.91 Å². The number of carbonyl (C=O) groups is 1. The lowest BCUT2D eigenvalue weighted by Crippen LogP contribution is -2.31. The molecule has 4 nitrogen and oxygen atoms in total. The van der Waals surface area contributed by atoms with Gasteiger partial charge in [-0.1, -0.05) is 15.9 Å². The van der Waals surface area contributed by atoms with E-state index in [2.05, 4.69) is 26.3 Å². The van der Waals surface area contributed by atoms with E-state index in [0.717, 1.165) is 18.3 Å². The van der Waals surface area contributed by atoms with Crippen molar-refractivity contribution < 1.29 is 4.79 Å². The zero-order chi connectivity index (χ0) is 11.6. The molecule has 0 aliphatic heterocycles. The van der Waals surface area contributed by atoms with Gasteiger partial charge in [-0.3, -0.25) is 9.48 Å². The maximum Gasteiger partial charge on any atom is 0.269 e. The molecule has 16 heavy (non-hydrogen) atoms. The quantitative estimate of drug-likeness (QED) is 0.838. The third kappa shape index (κ3) is 2.45. The molecule has 0 bridgehead atoms. The third-order valence-electron chi connectivity index (χ3n) is 3.26. The predicted molar refractivity (Wildman–Crippen MR) is 65.6 cm³/mol. The molecule has 1 aliphatic carbocycles. The van der Waals surface area contributed by atoms with Crippen molar-refractivity contribution in [2.45, 2.75) is 19.3 Å². The van der Waals surface area contributed by atoms with Gasteiger partial charge < -0.3 is 5.32 Å².